The number of halogens is 5. The van der Waals surface area contributed by atoms with Crippen LogP contribution in [0.3, 0.4) is 0 Å². The first-order chi connectivity index (χ1) is 18.3. The van der Waals surface area contributed by atoms with Crippen LogP contribution in [-0.4, -0.2) is 71.6 Å². The molecule has 1 aromatic carbocycles. The van der Waals surface area contributed by atoms with Crippen LogP contribution < -0.4 is 10.6 Å². The molecule has 210 valence electrons. The number of rotatable bonds is 6. The standard InChI is InChI=1S/C25H25F5N4O5/c1-13(25(28,29)30)34(10-14-9-15(26)3-5-18(14)27)20(35)11-33-12-24(39-23(33)38)8-7-16-17(24)4-6-19(21(16)36)32-22(37)31-2/h3-6,9,13,16H,7-8,10-12H2,1-2H3,(H2,31,32,37)/t13-,16?,24?/m0/s1. The van der Waals surface area contributed by atoms with Crippen LogP contribution >= 0.6 is 0 Å². The van der Waals surface area contributed by atoms with Gasteiger partial charge in [0.25, 0.3) is 0 Å². The van der Waals surface area contributed by atoms with E-state index in [1.165, 1.54) is 13.1 Å². The number of benzene rings is 1. The van der Waals surface area contributed by atoms with Crippen molar-refractivity contribution >= 4 is 23.8 Å². The molecular weight excluding hydrogens is 531 g/mol. The normalized spacial score (nSPS) is 23.2. The Morgan fingerprint density at radius 3 is 2.62 bits per heavy atom. The van der Waals surface area contributed by atoms with Gasteiger partial charge in [0.1, 0.15) is 24.2 Å². The van der Waals surface area contributed by atoms with Crippen molar-refractivity contribution in [2.24, 2.45) is 5.92 Å². The molecule has 1 spiro atoms. The molecular formula is C25H25F5N4O5. The van der Waals surface area contributed by atoms with Crippen molar-refractivity contribution in [3.05, 3.63) is 58.8 Å². The molecule has 1 aliphatic heterocycles. The minimum Gasteiger partial charge on any atom is -0.436 e. The number of ether oxygens (including phenoxy) is 1. The van der Waals surface area contributed by atoms with Crippen molar-refractivity contribution in [1.29, 1.82) is 0 Å². The third-order valence-corrected chi connectivity index (χ3v) is 7.15. The average molecular weight is 556 g/mol. The number of hydrogen-bond acceptors (Lipinski definition) is 5. The van der Waals surface area contributed by atoms with Gasteiger partial charge in [-0.3, -0.25) is 14.5 Å². The molecule has 3 aliphatic rings. The van der Waals surface area contributed by atoms with Crippen LogP contribution in [0.15, 0.2) is 41.6 Å². The van der Waals surface area contributed by atoms with Crippen LogP contribution in [0.5, 0.6) is 0 Å². The molecule has 0 aromatic heterocycles. The summed E-state index contributed by atoms with van der Waals surface area (Å²) in [6.07, 6.45) is -2.43. The fourth-order valence-electron chi connectivity index (χ4n) is 5.02. The second-order valence-electron chi connectivity index (χ2n) is 9.56. The summed E-state index contributed by atoms with van der Waals surface area (Å²) in [6.45, 7) is -1.20. The van der Waals surface area contributed by atoms with Crippen LogP contribution in [0.2, 0.25) is 0 Å². The van der Waals surface area contributed by atoms with Crippen LogP contribution in [-0.2, 0) is 20.9 Å². The minimum atomic E-state index is -4.88. The lowest BCUT2D eigenvalue weighted by atomic mass is 9.85. The fraction of sp³-hybridized carbons (Fsp3) is 0.440. The molecule has 3 atom stereocenters. The first kappa shape index (κ1) is 28.0. The SMILES string of the molecule is CNC(=O)NC1=CC=C2C(CCC23CN(CC(=O)N(Cc2cc(F)ccc2F)[C@@H](C)C(F)(F)F)C(=O)O3)C1=O. The molecule has 0 bridgehead atoms. The van der Waals surface area contributed by atoms with E-state index in [2.05, 4.69) is 10.6 Å². The average Bonchev–Trinajstić information content (AvgIpc) is 3.38. The van der Waals surface area contributed by atoms with Gasteiger partial charge in [-0.15, -0.1) is 0 Å². The number of Topliss-reactive ketones (excluding diaryl/α,β-unsaturated/α-hetero) is 1. The zero-order chi connectivity index (χ0) is 28.7. The van der Waals surface area contributed by atoms with E-state index in [0.717, 1.165) is 17.0 Å². The Labute approximate surface area is 219 Å². The molecule has 4 rings (SSSR count). The van der Waals surface area contributed by atoms with Crippen LogP contribution in [0.25, 0.3) is 0 Å². The molecule has 1 saturated heterocycles. The van der Waals surface area contributed by atoms with E-state index in [0.29, 0.717) is 23.5 Å². The van der Waals surface area contributed by atoms with Crippen molar-refractivity contribution < 1.29 is 45.9 Å². The summed E-state index contributed by atoms with van der Waals surface area (Å²) in [5.74, 6) is -4.12. The first-order valence-corrected chi connectivity index (χ1v) is 12.0. The number of ketones is 1. The number of allylic oxidation sites excluding steroid dienone is 3. The number of fused-ring (bicyclic) bond motifs is 2. The summed E-state index contributed by atoms with van der Waals surface area (Å²) in [6, 6.07) is -0.723. The fourth-order valence-corrected chi connectivity index (χ4v) is 5.02. The summed E-state index contributed by atoms with van der Waals surface area (Å²) >= 11 is 0. The van der Waals surface area contributed by atoms with Crippen molar-refractivity contribution in [3.63, 3.8) is 0 Å². The molecule has 39 heavy (non-hydrogen) atoms. The molecule has 2 N–H and O–H groups in total. The maximum atomic E-state index is 14.2. The monoisotopic (exact) mass is 556 g/mol. The van der Waals surface area contributed by atoms with Gasteiger partial charge in [-0.05, 0) is 49.6 Å². The number of alkyl halides is 3. The Morgan fingerprint density at radius 2 is 1.95 bits per heavy atom. The topological polar surface area (TPSA) is 108 Å². The van der Waals surface area contributed by atoms with Gasteiger partial charge in [0.15, 0.2) is 11.4 Å². The van der Waals surface area contributed by atoms with Crippen LogP contribution in [0.4, 0.5) is 31.5 Å². The van der Waals surface area contributed by atoms with E-state index in [1.54, 1.807) is 6.08 Å². The highest BCUT2D eigenvalue weighted by Gasteiger charge is 2.56. The van der Waals surface area contributed by atoms with Gasteiger partial charge >= 0.3 is 18.3 Å². The molecule has 1 saturated carbocycles. The smallest absolute Gasteiger partial charge is 0.411 e. The van der Waals surface area contributed by atoms with Gasteiger partial charge in [0, 0.05) is 25.1 Å². The van der Waals surface area contributed by atoms with Gasteiger partial charge in [-0.1, -0.05) is 6.08 Å². The van der Waals surface area contributed by atoms with Crippen LogP contribution in [0, 0.1) is 17.6 Å². The number of carbonyl (C=O) groups is 4. The third kappa shape index (κ3) is 5.45. The molecule has 4 amide bonds. The summed E-state index contributed by atoms with van der Waals surface area (Å²) in [4.78, 5) is 51.6. The predicted octanol–water partition coefficient (Wildman–Crippen LogP) is 3.17. The van der Waals surface area contributed by atoms with E-state index in [9.17, 15) is 41.1 Å². The Bertz CT molecular complexity index is 1280. The maximum Gasteiger partial charge on any atom is 0.411 e. The largest absolute Gasteiger partial charge is 0.436 e. The summed E-state index contributed by atoms with van der Waals surface area (Å²) < 4.78 is 74.2. The van der Waals surface area contributed by atoms with Gasteiger partial charge in [0.2, 0.25) is 5.91 Å². The van der Waals surface area contributed by atoms with Gasteiger partial charge < -0.3 is 20.3 Å². The number of carbonyl (C=O) groups excluding carboxylic acids is 4. The number of urea groups is 1. The Kier molecular flexibility index (Phi) is 7.41. The van der Waals surface area contributed by atoms with E-state index >= 15 is 0 Å². The molecule has 0 radical (unpaired) electrons. The van der Waals surface area contributed by atoms with E-state index in [4.69, 9.17) is 4.74 Å². The Morgan fingerprint density at radius 1 is 1.23 bits per heavy atom. The zero-order valence-corrected chi connectivity index (χ0v) is 20.9. The van der Waals surface area contributed by atoms with Crippen molar-refractivity contribution in [3.8, 4) is 0 Å². The van der Waals surface area contributed by atoms with Gasteiger partial charge in [0.05, 0.1) is 12.2 Å². The highest BCUT2D eigenvalue weighted by Crippen LogP contribution is 2.48. The number of hydrogen-bond donors (Lipinski definition) is 2. The lowest BCUT2D eigenvalue weighted by Crippen LogP contribution is -2.50. The number of amides is 4. The summed E-state index contributed by atoms with van der Waals surface area (Å²) in [5, 5.41) is 4.76. The lowest BCUT2D eigenvalue weighted by molar-refractivity contribution is -0.187. The minimum absolute atomic E-state index is 0.0536. The molecule has 1 heterocycles. The third-order valence-electron chi connectivity index (χ3n) is 7.15. The van der Waals surface area contributed by atoms with Crippen molar-refractivity contribution in [1.82, 2.24) is 20.4 Å². The molecule has 2 aliphatic carbocycles. The Hall–Kier alpha value is -3.97. The highest BCUT2D eigenvalue weighted by atomic mass is 19.4. The quantitative estimate of drug-likeness (QED) is 0.524. The highest BCUT2D eigenvalue weighted by molar-refractivity contribution is 6.03. The summed E-state index contributed by atoms with van der Waals surface area (Å²) in [7, 11) is 1.38. The first-order valence-electron chi connectivity index (χ1n) is 12.0. The van der Waals surface area contributed by atoms with E-state index in [-0.39, 0.29) is 30.9 Å². The number of nitrogens with zero attached hydrogens (tertiary/aromatic N) is 2. The van der Waals surface area contributed by atoms with Crippen LogP contribution in [0.1, 0.15) is 25.3 Å². The molecule has 2 unspecified atom stereocenters. The van der Waals surface area contributed by atoms with Crippen molar-refractivity contribution in [2.75, 3.05) is 20.1 Å². The second kappa shape index (κ2) is 10.3. The van der Waals surface area contributed by atoms with Gasteiger partial charge in [-0.25, -0.2) is 18.4 Å². The van der Waals surface area contributed by atoms with Gasteiger partial charge in [-0.2, -0.15) is 13.2 Å². The summed E-state index contributed by atoms with van der Waals surface area (Å²) in [5.41, 5.74) is -1.22. The molecule has 14 heteroatoms. The predicted molar refractivity (Wildman–Crippen MR) is 125 cm³/mol. The maximum absolute atomic E-state index is 14.2. The Balaban J connectivity index is 1.54. The van der Waals surface area contributed by atoms with E-state index < -0.39 is 72.1 Å². The molecule has 9 nitrogen and oxygen atoms in total. The second-order valence-corrected chi connectivity index (χ2v) is 9.56. The van der Waals surface area contributed by atoms with Crippen molar-refractivity contribution in [2.45, 2.75) is 44.1 Å². The number of nitrogens with one attached hydrogen (secondary N) is 2. The van der Waals surface area contributed by atoms with E-state index in [1.807, 2.05) is 0 Å². The zero-order valence-electron chi connectivity index (χ0n) is 20.9. The molecule has 1 aromatic rings. The lowest BCUT2D eigenvalue weighted by Gasteiger charge is -2.32. The molecule has 2 fully saturated rings.